The highest BCUT2D eigenvalue weighted by Gasteiger charge is 2.29. The van der Waals surface area contributed by atoms with E-state index in [0.717, 1.165) is 19.3 Å². The normalized spacial score (nSPS) is 21.7. The van der Waals surface area contributed by atoms with Gasteiger partial charge in [0.1, 0.15) is 0 Å². The molecule has 1 unspecified atom stereocenters. The summed E-state index contributed by atoms with van der Waals surface area (Å²) in [7, 11) is 0. The lowest BCUT2D eigenvalue weighted by Crippen LogP contribution is -2.32. The Hall–Kier alpha value is -2.22. The molecule has 3 N–H and O–H groups in total. The Morgan fingerprint density at radius 3 is 2.73 bits per heavy atom. The molecule has 0 radical (unpaired) electrons. The van der Waals surface area contributed by atoms with E-state index >= 15 is 0 Å². The summed E-state index contributed by atoms with van der Waals surface area (Å²) in [6, 6.07) is 1.19. The predicted molar refractivity (Wildman–Crippen MR) is 79.7 cm³/mol. The van der Waals surface area contributed by atoms with Crippen molar-refractivity contribution < 1.29 is 4.39 Å². The molecule has 0 aromatic carbocycles. The van der Waals surface area contributed by atoms with Crippen molar-refractivity contribution in [1.29, 1.82) is 0 Å². The molecule has 3 heterocycles. The number of aromatic amines is 1. The lowest BCUT2D eigenvalue weighted by molar-refractivity contribution is 0.614. The lowest BCUT2D eigenvalue weighted by atomic mass is 10.3. The van der Waals surface area contributed by atoms with E-state index in [-0.39, 0.29) is 28.9 Å². The van der Waals surface area contributed by atoms with E-state index < -0.39 is 17.1 Å². The molecular formula is C14H16FN5O2. The van der Waals surface area contributed by atoms with Crippen LogP contribution in [0.2, 0.25) is 0 Å². The minimum Gasteiger partial charge on any atom is -0.353 e. The summed E-state index contributed by atoms with van der Waals surface area (Å²) >= 11 is 0. The summed E-state index contributed by atoms with van der Waals surface area (Å²) in [5, 5.41) is 0.108. The van der Waals surface area contributed by atoms with Crippen LogP contribution < -0.4 is 21.9 Å². The second-order valence-electron chi connectivity index (χ2n) is 6.02. The Bertz CT molecular complexity index is 870. The van der Waals surface area contributed by atoms with Gasteiger partial charge in [0.05, 0.1) is 5.39 Å². The average molecular weight is 305 g/mol. The van der Waals surface area contributed by atoms with Crippen LogP contribution in [0.25, 0.3) is 11.0 Å². The highest BCUT2D eigenvalue weighted by atomic mass is 19.1. The fraction of sp³-hybridized carbons (Fsp3) is 0.500. The molecule has 1 aliphatic heterocycles. The Balaban J connectivity index is 1.96. The lowest BCUT2D eigenvalue weighted by Gasteiger charge is -2.18. The second kappa shape index (κ2) is 4.64. The van der Waals surface area contributed by atoms with E-state index in [1.165, 1.54) is 10.6 Å². The maximum atomic E-state index is 14.3. The zero-order valence-corrected chi connectivity index (χ0v) is 11.9. The molecule has 1 atom stereocenters. The number of nitrogens with one attached hydrogen (secondary N) is 1. The molecule has 22 heavy (non-hydrogen) atoms. The number of pyridine rings is 1. The molecule has 2 fully saturated rings. The largest absolute Gasteiger partial charge is 0.353 e. The van der Waals surface area contributed by atoms with Gasteiger partial charge in [-0.05, 0) is 25.3 Å². The average Bonchev–Trinajstić information content (AvgIpc) is 3.20. The first-order chi connectivity index (χ1) is 10.5. The van der Waals surface area contributed by atoms with Crippen LogP contribution >= 0.6 is 0 Å². The molecule has 7 nitrogen and oxygen atoms in total. The first-order valence-corrected chi connectivity index (χ1v) is 7.40. The number of H-pyrrole nitrogens is 1. The van der Waals surface area contributed by atoms with E-state index in [1.807, 2.05) is 0 Å². The Labute approximate surface area is 124 Å². The van der Waals surface area contributed by atoms with Crippen molar-refractivity contribution in [3.63, 3.8) is 0 Å². The summed E-state index contributed by atoms with van der Waals surface area (Å²) in [4.78, 5) is 32.3. The van der Waals surface area contributed by atoms with Gasteiger partial charge in [0.2, 0.25) is 0 Å². The smallest absolute Gasteiger partial charge is 0.330 e. The first kappa shape index (κ1) is 13.4. The van der Waals surface area contributed by atoms with Crippen LogP contribution in [0.3, 0.4) is 0 Å². The van der Waals surface area contributed by atoms with Gasteiger partial charge in [0.15, 0.2) is 17.3 Å². The highest BCUT2D eigenvalue weighted by Crippen LogP contribution is 2.35. The number of hydrogen-bond donors (Lipinski definition) is 2. The van der Waals surface area contributed by atoms with E-state index in [4.69, 9.17) is 5.73 Å². The number of halogens is 1. The van der Waals surface area contributed by atoms with Gasteiger partial charge in [-0.3, -0.25) is 14.3 Å². The molecule has 2 aliphatic rings. The van der Waals surface area contributed by atoms with E-state index in [2.05, 4.69) is 9.97 Å². The summed E-state index contributed by atoms with van der Waals surface area (Å²) in [6.07, 6.45) is 2.50. The summed E-state index contributed by atoms with van der Waals surface area (Å²) in [5.74, 6) is -0.395. The molecule has 1 saturated carbocycles. The number of anilines is 1. The third-order valence-corrected chi connectivity index (χ3v) is 4.29. The SMILES string of the molecule is NC1CCN(c2nc3c(cc2F)c(=O)[nH]c(=O)n3C2CC2)C1. The molecule has 116 valence electrons. The van der Waals surface area contributed by atoms with Gasteiger partial charge in [0.25, 0.3) is 5.56 Å². The molecule has 0 bridgehead atoms. The Morgan fingerprint density at radius 1 is 1.32 bits per heavy atom. The number of hydrogen-bond acceptors (Lipinski definition) is 5. The summed E-state index contributed by atoms with van der Waals surface area (Å²) < 4.78 is 15.8. The van der Waals surface area contributed by atoms with Crippen LogP contribution in [0, 0.1) is 5.82 Å². The van der Waals surface area contributed by atoms with Gasteiger partial charge >= 0.3 is 5.69 Å². The van der Waals surface area contributed by atoms with E-state index in [9.17, 15) is 14.0 Å². The van der Waals surface area contributed by atoms with Gasteiger partial charge < -0.3 is 10.6 Å². The number of nitrogens with zero attached hydrogens (tertiary/aromatic N) is 3. The summed E-state index contributed by atoms with van der Waals surface area (Å²) in [5.41, 5.74) is 5.03. The molecule has 1 aliphatic carbocycles. The van der Waals surface area contributed by atoms with Gasteiger partial charge in [0, 0.05) is 25.2 Å². The summed E-state index contributed by atoms with van der Waals surface area (Å²) in [6.45, 7) is 1.14. The van der Waals surface area contributed by atoms with Crippen LogP contribution in [-0.2, 0) is 0 Å². The quantitative estimate of drug-likeness (QED) is 0.820. The third kappa shape index (κ3) is 2.02. The third-order valence-electron chi connectivity index (χ3n) is 4.29. The van der Waals surface area contributed by atoms with Crippen LogP contribution in [0.1, 0.15) is 25.3 Å². The van der Waals surface area contributed by atoms with Gasteiger partial charge in [-0.25, -0.2) is 14.2 Å². The minimum absolute atomic E-state index is 0.0123. The second-order valence-corrected chi connectivity index (χ2v) is 6.02. The maximum Gasteiger partial charge on any atom is 0.330 e. The van der Waals surface area contributed by atoms with Crippen molar-refractivity contribution >= 4 is 16.9 Å². The Morgan fingerprint density at radius 2 is 2.09 bits per heavy atom. The minimum atomic E-state index is -0.604. The fourth-order valence-corrected chi connectivity index (χ4v) is 3.01. The van der Waals surface area contributed by atoms with Gasteiger partial charge in [-0.1, -0.05) is 0 Å². The zero-order valence-electron chi connectivity index (χ0n) is 11.9. The van der Waals surface area contributed by atoms with Crippen molar-refractivity contribution in [2.45, 2.75) is 31.3 Å². The van der Waals surface area contributed by atoms with Crippen LogP contribution in [0.5, 0.6) is 0 Å². The van der Waals surface area contributed by atoms with E-state index in [1.54, 1.807) is 4.90 Å². The Kier molecular flexibility index (Phi) is 2.83. The van der Waals surface area contributed by atoms with Gasteiger partial charge in [-0.2, -0.15) is 0 Å². The van der Waals surface area contributed by atoms with Crippen molar-refractivity contribution in [3.05, 3.63) is 32.7 Å². The molecule has 1 saturated heterocycles. The van der Waals surface area contributed by atoms with Crippen LogP contribution in [-0.4, -0.2) is 33.7 Å². The molecule has 4 rings (SSSR count). The molecule has 2 aromatic heterocycles. The van der Waals surface area contributed by atoms with Gasteiger partial charge in [-0.15, -0.1) is 0 Å². The predicted octanol–water partition coefficient (Wildman–Crippen LogP) is 0.0962. The van der Waals surface area contributed by atoms with E-state index in [0.29, 0.717) is 13.1 Å². The van der Waals surface area contributed by atoms with Crippen molar-refractivity contribution in [2.75, 3.05) is 18.0 Å². The van der Waals surface area contributed by atoms with Crippen LogP contribution in [0.4, 0.5) is 10.2 Å². The molecule has 2 aromatic rings. The molecule has 8 heteroatoms. The number of aromatic nitrogens is 3. The highest BCUT2D eigenvalue weighted by molar-refractivity contribution is 5.76. The monoisotopic (exact) mass is 305 g/mol. The first-order valence-electron chi connectivity index (χ1n) is 7.40. The van der Waals surface area contributed by atoms with Crippen molar-refractivity contribution in [3.8, 4) is 0 Å². The number of rotatable bonds is 2. The van der Waals surface area contributed by atoms with Crippen molar-refractivity contribution in [1.82, 2.24) is 14.5 Å². The fourth-order valence-electron chi connectivity index (χ4n) is 3.01. The standard InChI is InChI=1S/C14H16FN5O2/c15-10-5-9-11(17-12(10)19-4-3-7(16)6-19)20(8-1-2-8)14(22)18-13(9)21/h5,7-8H,1-4,6,16H2,(H,18,21,22). The maximum absolute atomic E-state index is 14.3. The van der Waals surface area contributed by atoms with Crippen LogP contribution in [0.15, 0.2) is 15.7 Å². The number of nitrogens with two attached hydrogens (primary N) is 1. The molecule has 0 spiro atoms. The molecular weight excluding hydrogens is 289 g/mol. The topological polar surface area (TPSA) is 97.0 Å². The zero-order chi connectivity index (χ0) is 15.4. The van der Waals surface area contributed by atoms with Crippen molar-refractivity contribution in [2.24, 2.45) is 5.73 Å². The number of fused-ring (bicyclic) bond motifs is 1. The molecule has 0 amide bonds.